The Morgan fingerprint density at radius 1 is 1.19 bits per heavy atom. The van der Waals surface area contributed by atoms with Crippen LogP contribution >= 0.6 is 11.6 Å². The summed E-state index contributed by atoms with van der Waals surface area (Å²) in [6.07, 6.45) is 4.11. The molecule has 11 heteroatoms. The minimum atomic E-state index is -3.81. The van der Waals surface area contributed by atoms with Crippen LogP contribution in [0.15, 0.2) is 34.1 Å². The van der Waals surface area contributed by atoms with Gasteiger partial charge in [-0.15, -0.1) is 0 Å². The number of rotatable bonds is 8. The Bertz CT molecular complexity index is 1200. The zero-order valence-electron chi connectivity index (χ0n) is 17.2. The molecule has 9 nitrogen and oxygen atoms in total. The van der Waals surface area contributed by atoms with Crippen LogP contribution in [0, 0.1) is 0 Å². The zero-order valence-corrected chi connectivity index (χ0v) is 18.8. The Morgan fingerprint density at radius 3 is 2.68 bits per heavy atom. The van der Waals surface area contributed by atoms with Crippen molar-refractivity contribution in [2.45, 2.75) is 24.4 Å². The molecule has 2 aromatic heterocycles. The van der Waals surface area contributed by atoms with Gasteiger partial charge in [-0.05, 0) is 42.6 Å². The van der Waals surface area contributed by atoms with Crippen LogP contribution in [0.25, 0.3) is 11.0 Å². The average Bonchev–Trinajstić information content (AvgIpc) is 3.26. The molecule has 166 valence electrons. The van der Waals surface area contributed by atoms with Crippen molar-refractivity contribution in [3.05, 3.63) is 40.7 Å². The normalized spacial score (nSPS) is 14.5. The number of hydrogen-bond acceptors (Lipinski definition) is 8. The fourth-order valence-electron chi connectivity index (χ4n) is 3.73. The molecule has 3 aromatic rings. The van der Waals surface area contributed by atoms with Gasteiger partial charge in [0.2, 0.25) is 0 Å². The van der Waals surface area contributed by atoms with Gasteiger partial charge >= 0.3 is 0 Å². The molecule has 4 rings (SSSR count). The number of fused-ring (bicyclic) bond motifs is 2. The van der Waals surface area contributed by atoms with E-state index in [2.05, 4.69) is 19.8 Å². The molecular weight excluding hydrogens is 444 g/mol. The van der Waals surface area contributed by atoms with Crippen molar-refractivity contribution in [2.24, 2.45) is 0 Å². The molecular formula is C20H23ClN4O5S. The number of halogens is 1. The van der Waals surface area contributed by atoms with Crippen LogP contribution in [0.3, 0.4) is 0 Å². The number of ether oxygens (including phenoxy) is 2. The summed E-state index contributed by atoms with van der Waals surface area (Å²) in [5, 5.41) is 3.96. The third kappa shape index (κ3) is 4.47. The molecule has 1 N–H and O–H groups in total. The van der Waals surface area contributed by atoms with Crippen molar-refractivity contribution >= 4 is 32.6 Å². The topological polar surface area (TPSA) is 107 Å². The lowest BCUT2D eigenvalue weighted by atomic mass is 9.98. The van der Waals surface area contributed by atoms with E-state index in [1.54, 1.807) is 14.2 Å². The predicted octanol–water partition coefficient (Wildman–Crippen LogP) is 2.62. The number of methoxy groups -OCH3 is 2. The fourth-order valence-corrected chi connectivity index (χ4v) is 5.09. The second-order valence-electron chi connectivity index (χ2n) is 7.23. The van der Waals surface area contributed by atoms with Crippen LogP contribution in [-0.2, 0) is 23.0 Å². The summed E-state index contributed by atoms with van der Waals surface area (Å²) in [5.41, 5.74) is 2.65. The van der Waals surface area contributed by atoms with Crippen LogP contribution in [0.1, 0.15) is 17.5 Å². The second-order valence-corrected chi connectivity index (χ2v) is 9.32. The Kier molecular flexibility index (Phi) is 6.33. The summed E-state index contributed by atoms with van der Waals surface area (Å²) < 4.78 is 43.7. The predicted molar refractivity (Wildman–Crippen MR) is 115 cm³/mol. The third-order valence-corrected chi connectivity index (χ3v) is 7.00. The Morgan fingerprint density at radius 2 is 1.94 bits per heavy atom. The summed E-state index contributed by atoms with van der Waals surface area (Å²) in [6.45, 7) is 2.72. The van der Waals surface area contributed by atoms with E-state index in [4.69, 9.17) is 25.6 Å². The molecule has 1 aliphatic heterocycles. The van der Waals surface area contributed by atoms with E-state index in [1.165, 1.54) is 23.5 Å². The number of sulfonamides is 1. The lowest BCUT2D eigenvalue weighted by Gasteiger charge is -2.29. The maximum Gasteiger partial charge on any atom is 0.258 e. The van der Waals surface area contributed by atoms with Crippen molar-refractivity contribution in [1.29, 1.82) is 0 Å². The molecule has 3 heterocycles. The molecule has 0 spiro atoms. The molecule has 0 atom stereocenters. The van der Waals surface area contributed by atoms with E-state index in [9.17, 15) is 8.42 Å². The molecule has 0 saturated heterocycles. The highest BCUT2D eigenvalue weighted by molar-refractivity contribution is 7.89. The molecule has 0 fully saturated rings. The van der Waals surface area contributed by atoms with Crippen LogP contribution in [0.5, 0.6) is 11.5 Å². The van der Waals surface area contributed by atoms with Gasteiger partial charge in [0.15, 0.2) is 22.1 Å². The van der Waals surface area contributed by atoms with E-state index in [0.717, 1.165) is 31.8 Å². The van der Waals surface area contributed by atoms with Gasteiger partial charge in [0.25, 0.3) is 10.0 Å². The first-order valence-corrected chi connectivity index (χ1v) is 11.6. The summed E-state index contributed by atoms with van der Waals surface area (Å²) >= 11 is 5.97. The molecule has 31 heavy (non-hydrogen) atoms. The van der Waals surface area contributed by atoms with E-state index in [0.29, 0.717) is 12.2 Å². The van der Waals surface area contributed by atoms with Crippen molar-refractivity contribution in [2.75, 3.05) is 33.9 Å². The first-order chi connectivity index (χ1) is 14.9. The second kappa shape index (κ2) is 8.99. The third-order valence-electron chi connectivity index (χ3n) is 5.31. The van der Waals surface area contributed by atoms with Crippen molar-refractivity contribution in [3.63, 3.8) is 0 Å². The molecule has 0 unspecified atom stereocenters. The maximum absolute atomic E-state index is 12.7. The van der Waals surface area contributed by atoms with E-state index < -0.39 is 10.0 Å². The fraction of sp³-hybridized carbons (Fsp3) is 0.400. The van der Waals surface area contributed by atoms with Gasteiger partial charge in [-0.25, -0.2) is 18.1 Å². The highest BCUT2D eigenvalue weighted by Crippen LogP contribution is 2.33. The van der Waals surface area contributed by atoms with E-state index in [-0.39, 0.29) is 27.6 Å². The average molecular weight is 467 g/mol. The lowest BCUT2D eigenvalue weighted by Crippen LogP contribution is -2.34. The van der Waals surface area contributed by atoms with Crippen molar-refractivity contribution in [1.82, 2.24) is 19.8 Å². The molecule has 0 amide bonds. The monoisotopic (exact) mass is 466 g/mol. The Hall–Kier alpha value is -2.40. The number of hydrogen-bond donors (Lipinski definition) is 1. The number of aromatic nitrogens is 2. The van der Waals surface area contributed by atoms with Gasteiger partial charge in [-0.1, -0.05) is 16.8 Å². The van der Waals surface area contributed by atoms with Crippen molar-refractivity contribution in [3.8, 4) is 11.5 Å². The number of benzene rings is 1. The maximum atomic E-state index is 12.7. The zero-order chi connectivity index (χ0) is 22.0. The number of pyridine rings is 1. The van der Waals surface area contributed by atoms with Crippen molar-refractivity contribution < 1.29 is 22.4 Å². The van der Waals surface area contributed by atoms with Gasteiger partial charge in [-0.3, -0.25) is 4.90 Å². The van der Waals surface area contributed by atoms with Gasteiger partial charge in [0, 0.05) is 19.6 Å². The molecule has 1 aromatic carbocycles. The van der Waals surface area contributed by atoms with E-state index >= 15 is 0 Å². The smallest absolute Gasteiger partial charge is 0.258 e. The van der Waals surface area contributed by atoms with Gasteiger partial charge in [0.05, 0.1) is 32.0 Å². The standard InChI is InChI=1S/C20H23ClN4O5S/c1-28-17-8-13-4-7-25(12-14(13)9-18(17)29-2)6-3-5-24-31(26,27)20-15-10-23-30-19(15)16(21)11-22-20/h8-11,24H,3-7,12H2,1-2H3. The molecule has 0 bridgehead atoms. The minimum absolute atomic E-state index is 0.138. The van der Waals surface area contributed by atoms with Crippen LogP contribution in [0.2, 0.25) is 5.02 Å². The Balaban J connectivity index is 1.35. The molecule has 0 saturated carbocycles. The minimum Gasteiger partial charge on any atom is -0.493 e. The molecule has 0 radical (unpaired) electrons. The van der Waals surface area contributed by atoms with Crippen LogP contribution < -0.4 is 14.2 Å². The highest BCUT2D eigenvalue weighted by Gasteiger charge is 2.23. The summed E-state index contributed by atoms with van der Waals surface area (Å²) in [5.74, 6) is 1.45. The van der Waals surface area contributed by atoms with E-state index in [1.807, 2.05) is 12.1 Å². The van der Waals surface area contributed by atoms with Crippen LogP contribution in [-0.4, -0.2) is 57.3 Å². The quantitative estimate of drug-likeness (QED) is 0.505. The summed E-state index contributed by atoms with van der Waals surface area (Å²) in [7, 11) is -0.553. The molecule has 1 aliphatic rings. The SMILES string of the molecule is COc1cc2c(cc1OC)CN(CCCNS(=O)(=O)c1ncc(Cl)c3oncc13)CC2. The van der Waals surface area contributed by atoms with Gasteiger partial charge in [0.1, 0.15) is 5.02 Å². The Labute approximate surface area is 185 Å². The first kappa shape index (κ1) is 21.8. The first-order valence-electron chi connectivity index (χ1n) is 9.77. The van der Waals surface area contributed by atoms with Gasteiger partial charge in [-0.2, -0.15) is 0 Å². The largest absolute Gasteiger partial charge is 0.493 e. The van der Waals surface area contributed by atoms with Gasteiger partial charge < -0.3 is 14.0 Å². The lowest BCUT2D eigenvalue weighted by molar-refractivity contribution is 0.250. The highest BCUT2D eigenvalue weighted by atomic mass is 35.5. The number of nitrogens with zero attached hydrogens (tertiary/aromatic N) is 3. The molecule has 0 aliphatic carbocycles. The number of nitrogens with one attached hydrogen (secondary N) is 1. The van der Waals surface area contributed by atoms with Crippen LogP contribution in [0.4, 0.5) is 0 Å². The summed E-state index contributed by atoms with van der Waals surface area (Å²) in [4.78, 5) is 6.25. The summed E-state index contributed by atoms with van der Waals surface area (Å²) in [6, 6.07) is 4.05.